The summed E-state index contributed by atoms with van der Waals surface area (Å²) in [5, 5.41) is 8.76. The molecule has 0 radical (unpaired) electrons. The van der Waals surface area contributed by atoms with E-state index in [0.717, 1.165) is 0 Å². The van der Waals surface area contributed by atoms with E-state index in [1.807, 2.05) is 19.0 Å². The van der Waals surface area contributed by atoms with Crippen molar-refractivity contribution >= 4 is 48.0 Å². The van der Waals surface area contributed by atoms with Crippen LogP contribution in [0.3, 0.4) is 0 Å². The lowest BCUT2D eigenvalue weighted by Gasteiger charge is -2.22. The molecule has 1 aliphatic rings. The first-order chi connectivity index (χ1) is 11.0. The van der Waals surface area contributed by atoms with Crippen molar-refractivity contribution in [2.75, 3.05) is 51.0 Å². The molecule has 0 bridgehead atoms. The standard InChI is InChI=1S/C16H24N4O3.2ClH/c1-20(2)9-7-15(21)18-12-3-5-13(6-4-12)19-16(22)14-11-23-10-8-17-14;;/h3-6,14,17H,7-11H2,1-2H3,(H,18,21)(H,19,22);2*1H. The van der Waals surface area contributed by atoms with Gasteiger partial charge in [-0.15, -0.1) is 24.8 Å². The summed E-state index contributed by atoms with van der Waals surface area (Å²) in [6.45, 7) is 2.39. The zero-order valence-corrected chi connectivity index (χ0v) is 16.0. The van der Waals surface area contributed by atoms with Gasteiger partial charge in [-0.2, -0.15) is 0 Å². The first-order valence-electron chi connectivity index (χ1n) is 7.71. The molecule has 2 amide bonds. The minimum absolute atomic E-state index is 0. The average Bonchev–Trinajstić information content (AvgIpc) is 2.55. The lowest BCUT2D eigenvalue weighted by molar-refractivity contribution is -0.120. The summed E-state index contributed by atoms with van der Waals surface area (Å²) < 4.78 is 5.27. The van der Waals surface area contributed by atoms with Crippen LogP contribution in [0, 0.1) is 0 Å². The van der Waals surface area contributed by atoms with Crippen LogP contribution >= 0.6 is 24.8 Å². The van der Waals surface area contributed by atoms with Crippen molar-refractivity contribution < 1.29 is 14.3 Å². The van der Waals surface area contributed by atoms with Crippen molar-refractivity contribution in [3.8, 4) is 0 Å². The monoisotopic (exact) mass is 392 g/mol. The topological polar surface area (TPSA) is 82.7 Å². The zero-order chi connectivity index (χ0) is 16.7. The molecule has 1 aromatic carbocycles. The minimum atomic E-state index is -0.325. The van der Waals surface area contributed by atoms with Crippen LogP contribution in [0.5, 0.6) is 0 Å². The predicted molar refractivity (Wildman–Crippen MR) is 104 cm³/mol. The number of carbonyl (C=O) groups excluding carboxylic acids is 2. The van der Waals surface area contributed by atoms with E-state index in [0.29, 0.717) is 44.1 Å². The molecule has 9 heteroatoms. The summed E-state index contributed by atoms with van der Waals surface area (Å²) in [5.41, 5.74) is 1.40. The number of carbonyl (C=O) groups is 2. The van der Waals surface area contributed by atoms with E-state index >= 15 is 0 Å². The second-order valence-corrected chi connectivity index (χ2v) is 5.75. The average molecular weight is 393 g/mol. The zero-order valence-electron chi connectivity index (χ0n) is 14.4. The Morgan fingerprint density at radius 2 is 1.76 bits per heavy atom. The van der Waals surface area contributed by atoms with Crippen LogP contribution < -0.4 is 16.0 Å². The van der Waals surface area contributed by atoms with Crippen molar-refractivity contribution in [1.29, 1.82) is 0 Å². The Balaban J connectivity index is 0.00000288. The molecular formula is C16H26Cl2N4O3. The van der Waals surface area contributed by atoms with Gasteiger partial charge in [-0.1, -0.05) is 0 Å². The fraction of sp³-hybridized carbons (Fsp3) is 0.500. The molecule has 1 unspecified atom stereocenters. The normalized spacial score (nSPS) is 16.4. The maximum atomic E-state index is 12.1. The lowest BCUT2D eigenvalue weighted by atomic mass is 10.2. The largest absolute Gasteiger partial charge is 0.378 e. The van der Waals surface area contributed by atoms with Gasteiger partial charge >= 0.3 is 0 Å². The van der Waals surface area contributed by atoms with E-state index in [1.165, 1.54) is 0 Å². The molecule has 7 nitrogen and oxygen atoms in total. The van der Waals surface area contributed by atoms with Gasteiger partial charge in [0.1, 0.15) is 6.04 Å². The number of anilines is 2. The Morgan fingerprint density at radius 1 is 1.16 bits per heavy atom. The molecule has 1 atom stereocenters. The summed E-state index contributed by atoms with van der Waals surface area (Å²) in [5.74, 6) is -0.147. The fourth-order valence-electron chi connectivity index (χ4n) is 2.15. The number of amides is 2. The van der Waals surface area contributed by atoms with Gasteiger partial charge in [0.15, 0.2) is 0 Å². The minimum Gasteiger partial charge on any atom is -0.378 e. The van der Waals surface area contributed by atoms with Crippen molar-refractivity contribution in [3.63, 3.8) is 0 Å². The van der Waals surface area contributed by atoms with Gasteiger partial charge in [0, 0.05) is 30.9 Å². The highest BCUT2D eigenvalue weighted by atomic mass is 35.5. The van der Waals surface area contributed by atoms with Crippen LogP contribution in [0.25, 0.3) is 0 Å². The molecule has 1 heterocycles. The number of benzene rings is 1. The first-order valence-corrected chi connectivity index (χ1v) is 7.71. The number of rotatable bonds is 6. The van der Waals surface area contributed by atoms with Gasteiger partial charge in [0.25, 0.3) is 0 Å². The molecular weight excluding hydrogens is 367 g/mol. The summed E-state index contributed by atoms with van der Waals surface area (Å²) in [4.78, 5) is 25.8. The fourth-order valence-corrected chi connectivity index (χ4v) is 2.15. The summed E-state index contributed by atoms with van der Waals surface area (Å²) in [7, 11) is 3.86. The number of morpholine rings is 1. The van der Waals surface area contributed by atoms with E-state index in [2.05, 4.69) is 16.0 Å². The van der Waals surface area contributed by atoms with Gasteiger partial charge in [0.05, 0.1) is 13.2 Å². The van der Waals surface area contributed by atoms with Crippen LogP contribution in [0.2, 0.25) is 0 Å². The predicted octanol–water partition coefficient (Wildman–Crippen LogP) is 1.35. The molecule has 0 spiro atoms. The number of nitrogens with zero attached hydrogens (tertiary/aromatic N) is 1. The van der Waals surface area contributed by atoms with E-state index in [-0.39, 0.29) is 42.7 Å². The SMILES string of the molecule is CN(C)CCC(=O)Nc1ccc(NC(=O)C2COCCN2)cc1.Cl.Cl. The van der Waals surface area contributed by atoms with Crippen molar-refractivity contribution in [3.05, 3.63) is 24.3 Å². The smallest absolute Gasteiger partial charge is 0.243 e. The molecule has 0 aromatic heterocycles. The molecule has 1 saturated heterocycles. The van der Waals surface area contributed by atoms with Crippen molar-refractivity contribution in [2.45, 2.75) is 12.5 Å². The van der Waals surface area contributed by atoms with Crippen LogP contribution in [-0.2, 0) is 14.3 Å². The number of hydrogen-bond donors (Lipinski definition) is 3. The van der Waals surface area contributed by atoms with Gasteiger partial charge in [0.2, 0.25) is 11.8 Å². The molecule has 0 saturated carbocycles. The van der Waals surface area contributed by atoms with Crippen LogP contribution in [0.4, 0.5) is 11.4 Å². The summed E-state index contributed by atoms with van der Waals surface area (Å²) >= 11 is 0. The Morgan fingerprint density at radius 3 is 2.28 bits per heavy atom. The van der Waals surface area contributed by atoms with Crippen LogP contribution in [0.15, 0.2) is 24.3 Å². The number of nitrogens with one attached hydrogen (secondary N) is 3. The molecule has 1 aliphatic heterocycles. The first kappa shape index (κ1) is 23.6. The number of halogens is 2. The van der Waals surface area contributed by atoms with E-state index in [9.17, 15) is 9.59 Å². The van der Waals surface area contributed by atoms with E-state index in [4.69, 9.17) is 4.74 Å². The van der Waals surface area contributed by atoms with E-state index < -0.39 is 0 Å². The number of ether oxygens (including phenoxy) is 1. The Bertz CT molecular complexity index is 535. The Labute approximate surface area is 160 Å². The molecule has 142 valence electrons. The molecule has 25 heavy (non-hydrogen) atoms. The van der Waals surface area contributed by atoms with E-state index in [1.54, 1.807) is 24.3 Å². The van der Waals surface area contributed by atoms with Crippen LogP contribution in [0.1, 0.15) is 6.42 Å². The third-order valence-corrected chi connectivity index (χ3v) is 3.46. The van der Waals surface area contributed by atoms with Gasteiger partial charge in [-0.3, -0.25) is 9.59 Å². The third kappa shape index (κ3) is 8.51. The van der Waals surface area contributed by atoms with Crippen molar-refractivity contribution in [1.82, 2.24) is 10.2 Å². The summed E-state index contributed by atoms with van der Waals surface area (Å²) in [6.07, 6.45) is 0.443. The molecule has 0 aliphatic carbocycles. The van der Waals surface area contributed by atoms with Crippen LogP contribution in [-0.4, -0.2) is 63.2 Å². The lowest BCUT2D eigenvalue weighted by Crippen LogP contribution is -2.48. The maximum Gasteiger partial charge on any atom is 0.243 e. The quantitative estimate of drug-likeness (QED) is 0.680. The number of hydrogen-bond acceptors (Lipinski definition) is 5. The Kier molecular flexibility index (Phi) is 11.4. The van der Waals surface area contributed by atoms with Gasteiger partial charge in [-0.05, 0) is 38.4 Å². The maximum absolute atomic E-state index is 12.1. The molecule has 1 fully saturated rings. The highest BCUT2D eigenvalue weighted by molar-refractivity contribution is 5.95. The highest BCUT2D eigenvalue weighted by Crippen LogP contribution is 2.14. The van der Waals surface area contributed by atoms with Gasteiger partial charge in [-0.25, -0.2) is 0 Å². The third-order valence-electron chi connectivity index (χ3n) is 3.46. The van der Waals surface area contributed by atoms with Gasteiger partial charge < -0.3 is 25.6 Å². The highest BCUT2D eigenvalue weighted by Gasteiger charge is 2.20. The molecule has 1 aromatic rings. The second kappa shape index (κ2) is 12.1. The second-order valence-electron chi connectivity index (χ2n) is 5.75. The Hall–Kier alpha value is -1.38. The molecule has 2 rings (SSSR count). The molecule has 3 N–H and O–H groups in total. The van der Waals surface area contributed by atoms with Crippen molar-refractivity contribution in [2.24, 2.45) is 0 Å². The summed E-state index contributed by atoms with van der Waals surface area (Å²) in [6, 6.07) is 6.75.